The van der Waals surface area contributed by atoms with Crippen LogP contribution in [0.3, 0.4) is 0 Å². The van der Waals surface area contributed by atoms with Crippen molar-refractivity contribution in [1.29, 1.82) is 0 Å². The molecule has 8 aromatic carbocycles. The molecule has 0 amide bonds. The number of furan rings is 1. The van der Waals surface area contributed by atoms with Crippen LogP contribution in [-0.4, -0.2) is 15.0 Å². The first-order valence-electron chi connectivity index (χ1n) is 19.4. The van der Waals surface area contributed by atoms with Crippen LogP contribution in [0.5, 0.6) is 0 Å². The molecule has 4 nitrogen and oxygen atoms in total. The molecule has 12 rings (SSSR count). The lowest BCUT2D eigenvalue weighted by molar-refractivity contribution is 0.669. The summed E-state index contributed by atoms with van der Waals surface area (Å²) < 4.78 is 8.80. The summed E-state index contributed by atoms with van der Waals surface area (Å²) in [6.45, 7) is 0. The largest absolute Gasteiger partial charge is 0.456 e. The first-order chi connectivity index (χ1) is 28.7. The van der Waals surface area contributed by atoms with Gasteiger partial charge in [-0.2, -0.15) is 0 Å². The highest BCUT2D eigenvalue weighted by atomic mass is 32.1. The maximum Gasteiger partial charge on any atom is 0.161 e. The molecule has 12 aromatic rings. The second-order valence-electron chi connectivity index (χ2n) is 14.7. The number of para-hydroxylation sites is 2. The zero-order chi connectivity index (χ0) is 38.2. The molecule has 0 aliphatic carbocycles. The minimum absolute atomic E-state index is 0.665. The molecule has 4 heterocycles. The molecule has 0 saturated heterocycles. The molecule has 0 saturated carbocycles. The number of aromatic nitrogens is 3. The Morgan fingerprint density at radius 1 is 0.379 bits per heavy atom. The summed E-state index contributed by atoms with van der Waals surface area (Å²) in [5.41, 5.74) is 11.9. The Labute approximate surface area is 337 Å². The molecule has 58 heavy (non-hydrogen) atoms. The normalized spacial score (nSPS) is 11.8. The fourth-order valence-corrected chi connectivity index (χ4v) is 9.87. The fraction of sp³-hybridized carbons (Fsp3) is 0. The Morgan fingerprint density at radius 2 is 1.00 bits per heavy atom. The molecule has 270 valence electrons. The van der Waals surface area contributed by atoms with Gasteiger partial charge >= 0.3 is 0 Å². The van der Waals surface area contributed by atoms with E-state index >= 15 is 0 Å². The van der Waals surface area contributed by atoms with Crippen LogP contribution in [0.15, 0.2) is 192 Å². The predicted molar refractivity (Wildman–Crippen MR) is 242 cm³/mol. The molecule has 0 aliphatic heterocycles. The van der Waals surface area contributed by atoms with Crippen LogP contribution >= 0.6 is 11.3 Å². The highest BCUT2D eigenvalue weighted by Crippen LogP contribution is 2.46. The lowest BCUT2D eigenvalue weighted by Gasteiger charge is -2.12. The van der Waals surface area contributed by atoms with Crippen LogP contribution in [0, 0.1) is 0 Å². The summed E-state index contributed by atoms with van der Waals surface area (Å²) in [7, 11) is 0. The maximum atomic E-state index is 6.26. The molecule has 5 heteroatoms. The van der Waals surface area contributed by atoms with Crippen LogP contribution in [0.2, 0.25) is 0 Å². The topological polar surface area (TPSA) is 51.8 Å². The lowest BCUT2D eigenvalue weighted by atomic mass is 9.95. The van der Waals surface area contributed by atoms with E-state index in [9.17, 15) is 0 Å². The molecule has 0 aliphatic rings. The van der Waals surface area contributed by atoms with Gasteiger partial charge in [-0.25, -0.2) is 15.0 Å². The van der Waals surface area contributed by atoms with E-state index in [-0.39, 0.29) is 0 Å². The Hall–Kier alpha value is -7.47. The van der Waals surface area contributed by atoms with Gasteiger partial charge in [-0.05, 0) is 41.5 Å². The minimum atomic E-state index is 0.665. The fourth-order valence-electron chi connectivity index (χ4n) is 8.63. The average Bonchev–Trinajstić information content (AvgIpc) is 3.88. The van der Waals surface area contributed by atoms with Gasteiger partial charge in [0.2, 0.25) is 0 Å². The zero-order valence-electron chi connectivity index (χ0n) is 31.1. The van der Waals surface area contributed by atoms with Gasteiger partial charge in [-0.1, -0.05) is 158 Å². The van der Waals surface area contributed by atoms with Gasteiger partial charge < -0.3 is 4.42 Å². The first kappa shape index (κ1) is 32.7. The highest BCUT2D eigenvalue weighted by molar-refractivity contribution is 7.26. The van der Waals surface area contributed by atoms with Gasteiger partial charge in [0.1, 0.15) is 11.2 Å². The van der Waals surface area contributed by atoms with Gasteiger partial charge in [0, 0.05) is 69.4 Å². The van der Waals surface area contributed by atoms with Gasteiger partial charge in [-0.3, -0.25) is 0 Å². The smallest absolute Gasteiger partial charge is 0.161 e. The quantitative estimate of drug-likeness (QED) is 0.164. The van der Waals surface area contributed by atoms with Gasteiger partial charge in [0.25, 0.3) is 0 Å². The van der Waals surface area contributed by atoms with E-state index in [0.717, 1.165) is 72.4 Å². The Bertz CT molecular complexity index is 3550. The number of fused-ring (bicyclic) bond motifs is 10. The Balaban J connectivity index is 1.01. The maximum absolute atomic E-state index is 6.26. The number of hydrogen-bond acceptors (Lipinski definition) is 5. The number of pyridine rings is 1. The van der Waals surface area contributed by atoms with Crippen molar-refractivity contribution in [3.8, 4) is 56.3 Å². The zero-order valence-corrected chi connectivity index (χ0v) is 31.9. The second-order valence-corrected chi connectivity index (χ2v) is 15.7. The SMILES string of the molecule is c1ccc(-c2cc(-c3ccc(-c4cccc5c4sc4ccc6c(-c7ccccc7)nc7ccccc7c6c45)cc3)nc(-c3cccc4oc5ccccc5c34)n2)cc1. The number of rotatable bonds is 5. The van der Waals surface area contributed by atoms with Crippen molar-refractivity contribution in [2.24, 2.45) is 0 Å². The minimum Gasteiger partial charge on any atom is -0.456 e. The van der Waals surface area contributed by atoms with Crippen LogP contribution in [0.1, 0.15) is 0 Å². The third kappa shape index (κ3) is 5.18. The first-order valence-corrected chi connectivity index (χ1v) is 20.2. The summed E-state index contributed by atoms with van der Waals surface area (Å²) in [6, 6.07) is 65.9. The molecule has 4 aromatic heterocycles. The number of benzene rings is 8. The van der Waals surface area contributed by atoms with Crippen molar-refractivity contribution in [3.05, 3.63) is 188 Å². The Kier molecular flexibility index (Phi) is 7.37. The molecule has 0 radical (unpaired) electrons. The molecular weight excluding hydrogens is 727 g/mol. The van der Waals surface area contributed by atoms with Gasteiger partial charge in [0.05, 0.1) is 22.6 Å². The van der Waals surface area contributed by atoms with E-state index in [2.05, 4.69) is 152 Å². The van der Waals surface area contributed by atoms with Crippen LogP contribution < -0.4 is 0 Å². The van der Waals surface area contributed by atoms with E-state index in [0.29, 0.717) is 5.82 Å². The van der Waals surface area contributed by atoms with E-state index in [1.165, 1.54) is 41.9 Å². The summed E-state index contributed by atoms with van der Waals surface area (Å²) in [6.07, 6.45) is 0. The standard InChI is InChI=1S/C53H31N3OS/c1-3-13-33(14-4-1)43-31-44(56-53(55-43)41-21-12-24-46-48(41)38-18-8-10-23-45(38)57-46)34-27-25-32(26-28-34)36-19-11-20-40-50-47(58-52(36)40)30-29-39-49(50)37-17-7-9-22-42(37)54-51(39)35-15-5-2-6-16-35/h1-31H. The van der Waals surface area contributed by atoms with Crippen molar-refractivity contribution in [1.82, 2.24) is 15.0 Å². The van der Waals surface area contributed by atoms with Crippen molar-refractivity contribution >= 4 is 75.1 Å². The monoisotopic (exact) mass is 757 g/mol. The Morgan fingerprint density at radius 3 is 1.81 bits per heavy atom. The highest BCUT2D eigenvalue weighted by Gasteiger charge is 2.20. The van der Waals surface area contributed by atoms with Crippen molar-refractivity contribution < 1.29 is 4.42 Å². The summed E-state index contributed by atoms with van der Waals surface area (Å²) in [5, 5.41) is 8.22. The van der Waals surface area contributed by atoms with E-state index in [1.54, 1.807) is 0 Å². The third-order valence-corrected chi connectivity index (χ3v) is 12.5. The second kappa shape index (κ2) is 13.1. The molecule has 0 fully saturated rings. The summed E-state index contributed by atoms with van der Waals surface area (Å²) in [5.74, 6) is 0.665. The van der Waals surface area contributed by atoms with Crippen molar-refractivity contribution in [2.75, 3.05) is 0 Å². The number of thiophene rings is 1. The third-order valence-electron chi connectivity index (χ3n) is 11.3. The molecule has 0 bridgehead atoms. The molecular formula is C53H31N3OS. The average molecular weight is 758 g/mol. The molecule has 0 unspecified atom stereocenters. The van der Waals surface area contributed by atoms with E-state index < -0.39 is 0 Å². The van der Waals surface area contributed by atoms with Crippen LogP contribution in [-0.2, 0) is 0 Å². The molecule has 0 spiro atoms. The summed E-state index contributed by atoms with van der Waals surface area (Å²) in [4.78, 5) is 15.6. The lowest BCUT2D eigenvalue weighted by Crippen LogP contribution is -1.96. The van der Waals surface area contributed by atoms with Gasteiger partial charge in [-0.15, -0.1) is 11.3 Å². The molecule has 0 N–H and O–H groups in total. The van der Waals surface area contributed by atoms with Crippen LogP contribution in [0.4, 0.5) is 0 Å². The van der Waals surface area contributed by atoms with Crippen LogP contribution in [0.25, 0.3) is 120 Å². The predicted octanol–water partition coefficient (Wildman–Crippen LogP) is 14.8. The summed E-state index contributed by atoms with van der Waals surface area (Å²) >= 11 is 1.86. The number of hydrogen-bond donors (Lipinski definition) is 0. The van der Waals surface area contributed by atoms with Gasteiger partial charge in [0.15, 0.2) is 5.82 Å². The van der Waals surface area contributed by atoms with Crippen molar-refractivity contribution in [2.45, 2.75) is 0 Å². The van der Waals surface area contributed by atoms with E-state index in [1.807, 2.05) is 47.7 Å². The van der Waals surface area contributed by atoms with E-state index in [4.69, 9.17) is 19.4 Å². The number of nitrogens with zero attached hydrogens (tertiary/aromatic N) is 3. The van der Waals surface area contributed by atoms with Crippen molar-refractivity contribution in [3.63, 3.8) is 0 Å². The molecule has 0 atom stereocenters.